The maximum atomic E-state index is 13.2. The summed E-state index contributed by atoms with van der Waals surface area (Å²) in [5.74, 6) is 0.718. The summed E-state index contributed by atoms with van der Waals surface area (Å²) in [4.78, 5) is 30.3. The standard InChI is InChI=1S/C25H23N5O3/c31-22-10-9-21-28-30(22)14-17-5-3-6-18(13-17)23(32)27-24-26-19-7-1-2-8-20(19)29(24)15-25(16-33-21)11-4-12-25/h1-3,5-10,13H,4,11-12,14-16H2,(H,26,27,32). The monoisotopic (exact) mass is 441 g/mol. The number of hydrogen-bond donors (Lipinski definition) is 1. The molecule has 33 heavy (non-hydrogen) atoms. The summed E-state index contributed by atoms with van der Waals surface area (Å²) < 4.78 is 9.59. The average Bonchev–Trinajstić information content (AvgIpc) is 3.13. The lowest BCUT2D eigenvalue weighted by Gasteiger charge is -2.41. The van der Waals surface area contributed by atoms with Crippen LogP contribution in [0.5, 0.6) is 5.88 Å². The third-order valence-corrected chi connectivity index (χ3v) is 6.68. The highest BCUT2D eigenvalue weighted by molar-refractivity contribution is 6.04. The molecule has 166 valence electrons. The molecule has 0 atom stereocenters. The normalized spacial score (nSPS) is 17.3. The van der Waals surface area contributed by atoms with Gasteiger partial charge in [-0.25, -0.2) is 9.67 Å². The van der Waals surface area contributed by atoms with E-state index in [0.29, 0.717) is 30.5 Å². The van der Waals surface area contributed by atoms with Crippen molar-refractivity contribution in [3.05, 3.63) is 82.1 Å². The van der Waals surface area contributed by atoms with Crippen LogP contribution in [0.1, 0.15) is 35.2 Å². The van der Waals surface area contributed by atoms with E-state index >= 15 is 0 Å². The van der Waals surface area contributed by atoms with E-state index < -0.39 is 0 Å². The second-order valence-electron chi connectivity index (χ2n) is 8.97. The number of nitrogens with one attached hydrogen (secondary N) is 1. The van der Waals surface area contributed by atoms with Crippen molar-refractivity contribution >= 4 is 22.9 Å². The number of fused-ring (bicyclic) bond motifs is 7. The number of aromatic nitrogens is 4. The lowest BCUT2D eigenvalue weighted by Crippen LogP contribution is -2.40. The number of hydrogen-bond acceptors (Lipinski definition) is 5. The molecular formula is C25H23N5O3. The molecule has 0 radical (unpaired) electrons. The van der Waals surface area contributed by atoms with Crippen molar-refractivity contribution in [2.75, 3.05) is 11.9 Å². The number of carbonyl (C=O) groups is 1. The van der Waals surface area contributed by atoms with Gasteiger partial charge in [-0.3, -0.25) is 14.9 Å². The van der Waals surface area contributed by atoms with Gasteiger partial charge in [0.15, 0.2) is 0 Å². The van der Waals surface area contributed by atoms with E-state index in [2.05, 4.69) is 15.0 Å². The second kappa shape index (κ2) is 7.58. The molecule has 1 aliphatic carbocycles. The Morgan fingerprint density at radius 1 is 1.00 bits per heavy atom. The van der Waals surface area contributed by atoms with E-state index in [4.69, 9.17) is 9.72 Å². The molecular weight excluding hydrogens is 418 g/mol. The van der Waals surface area contributed by atoms with Crippen LogP contribution in [0.15, 0.2) is 65.5 Å². The van der Waals surface area contributed by atoms with Gasteiger partial charge >= 0.3 is 0 Å². The smallest absolute Gasteiger partial charge is 0.267 e. The van der Waals surface area contributed by atoms with Crippen molar-refractivity contribution in [2.45, 2.75) is 32.4 Å². The Balaban J connectivity index is 1.48. The van der Waals surface area contributed by atoms with Crippen LogP contribution >= 0.6 is 0 Å². The molecule has 2 aromatic carbocycles. The van der Waals surface area contributed by atoms with Gasteiger partial charge in [-0.15, -0.1) is 5.10 Å². The first-order valence-electron chi connectivity index (χ1n) is 11.2. The highest BCUT2D eigenvalue weighted by Gasteiger charge is 2.39. The Hall–Kier alpha value is -3.94. The Morgan fingerprint density at radius 3 is 2.73 bits per heavy atom. The minimum atomic E-state index is -0.240. The van der Waals surface area contributed by atoms with E-state index in [9.17, 15) is 9.59 Å². The summed E-state index contributed by atoms with van der Waals surface area (Å²) in [7, 11) is 0. The van der Waals surface area contributed by atoms with Crippen molar-refractivity contribution in [3.63, 3.8) is 0 Å². The number of imidazole rings is 1. The lowest BCUT2D eigenvalue weighted by molar-refractivity contribution is 0.0382. The molecule has 8 nitrogen and oxygen atoms in total. The molecule has 4 bridgehead atoms. The fraction of sp³-hybridized carbons (Fsp3) is 0.280. The van der Waals surface area contributed by atoms with Gasteiger partial charge in [0, 0.05) is 29.7 Å². The summed E-state index contributed by atoms with van der Waals surface area (Å²) in [5.41, 5.74) is 2.80. The number of nitrogens with zero attached hydrogens (tertiary/aromatic N) is 4. The Kier molecular flexibility index (Phi) is 4.53. The summed E-state index contributed by atoms with van der Waals surface area (Å²) in [6.07, 6.45) is 3.14. The van der Waals surface area contributed by atoms with Gasteiger partial charge in [0.25, 0.3) is 11.5 Å². The summed E-state index contributed by atoms with van der Waals surface area (Å²) in [6.45, 7) is 1.40. The van der Waals surface area contributed by atoms with E-state index in [1.54, 1.807) is 24.3 Å². The first-order chi connectivity index (χ1) is 16.1. The Morgan fingerprint density at radius 2 is 1.88 bits per heavy atom. The molecule has 4 aromatic rings. The second-order valence-corrected chi connectivity index (χ2v) is 8.97. The molecule has 0 unspecified atom stereocenters. The van der Waals surface area contributed by atoms with Crippen LogP contribution in [-0.2, 0) is 13.1 Å². The van der Waals surface area contributed by atoms with Crippen LogP contribution in [0.2, 0.25) is 0 Å². The number of ether oxygens (including phenoxy) is 1. The molecule has 6 rings (SSSR count). The minimum absolute atomic E-state index is 0.0939. The topological polar surface area (TPSA) is 91.0 Å². The van der Waals surface area contributed by atoms with Gasteiger partial charge in [0.1, 0.15) is 0 Å². The van der Waals surface area contributed by atoms with Crippen molar-refractivity contribution in [1.82, 2.24) is 19.3 Å². The Labute approximate surface area is 189 Å². The number of rotatable bonds is 0. The van der Waals surface area contributed by atoms with E-state index in [1.165, 1.54) is 10.7 Å². The van der Waals surface area contributed by atoms with Crippen LogP contribution < -0.4 is 15.6 Å². The minimum Gasteiger partial charge on any atom is -0.476 e. The number of anilines is 1. The number of benzene rings is 2. The maximum absolute atomic E-state index is 13.2. The van der Waals surface area contributed by atoms with Crippen molar-refractivity contribution in [1.29, 1.82) is 0 Å². The summed E-state index contributed by atoms with van der Waals surface area (Å²) >= 11 is 0. The van der Waals surface area contributed by atoms with E-state index in [0.717, 1.165) is 35.9 Å². The van der Waals surface area contributed by atoms with Gasteiger partial charge in [-0.1, -0.05) is 30.7 Å². The van der Waals surface area contributed by atoms with Crippen LogP contribution in [0.25, 0.3) is 11.0 Å². The van der Waals surface area contributed by atoms with Crippen LogP contribution in [0.4, 0.5) is 5.95 Å². The highest BCUT2D eigenvalue weighted by atomic mass is 16.5. The third-order valence-electron chi connectivity index (χ3n) is 6.68. The molecule has 1 amide bonds. The van der Waals surface area contributed by atoms with Gasteiger partial charge in [0.2, 0.25) is 11.8 Å². The van der Waals surface area contributed by atoms with Crippen molar-refractivity contribution in [2.24, 2.45) is 5.41 Å². The highest BCUT2D eigenvalue weighted by Crippen LogP contribution is 2.44. The number of para-hydroxylation sites is 2. The van der Waals surface area contributed by atoms with E-state index in [-0.39, 0.29) is 23.4 Å². The zero-order valence-corrected chi connectivity index (χ0v) is 18.0. The van der Waals surface area contributed by atoms with Gasteiger partial charge in [-0.2, -0.15) is 0 Å². The van der Waals surface area contributed by atoms with Gasteiger partial charge in [-0.05, 0) is 42.7 Å². The molecule has 3 heterocycles. The van der Waals surface area contributed by atoms with Gasteiger partial charge < -0.3 is 9.30 Å². The first-order valence-corrected chi connectivity index (χ1v) is 11.2. The van der Waals surface area contributed by atoms with Crippen LogP contribution in [0.3, 0.4) is 0 Å². The molecule has 2 aromatic heterocycles. The van der Waals surface area contributed by atoms with Gasteiger partial charge in [0.05, 0.1) is 24.2 Å². The van der Waals surface area contributed by atoms with E-state index in [1.807, 2.05) is 30.3 Å². The number of amides is 1. The molecule has 2 aliphatic rings. The average molecular weight is 441 g/mol. The molecule has 1 saturated carbocycles. The van der Waals surface area contributed by atoms with Crippen molar-refractivity contribution < 1.29 is 9.53 Å². The summed E-state index contributed by atoms with van der Waals surface area (Å²) in [6, 6.07) is 18.2. The number of carbonyl (C=O) groups excluding carboxylic acids is 1. The predicted octanol–water partition coefficient (Wildman–Crippen LogP) is 3.46. The quantitative estimate of drug-likeness (QED) is 0.451. The predicted molar refractivity (Wildman–Crippen MR) is 124 cm³/mol. The molecule has 0 saturated heterocycles. The molecule has 1 aliphatic heterocycles. The van der Waals surface area contributed by atoms with Crippen molar-refractivity contribution in [3.8, 4) is 5.88 Å². The third kappa shape index (κ3) is 3.57. The lowest BCUT2D eigenvalue weighted by atomic mass is 9.69. The van der Waals surface area contributed by atoms with Crippen LogP contribution in [0, 0.1) is 5.41 Å². The maximum Gasteiger partial charge on any atom is 0.267 e. The zero-order valence-electron chi connectivity index (χ0n) is 18.0. The molecule has 1 N–H and O–H groups in total. The fourth-order valence-corrected chi connectivity index (χ4v) is 4.70. The largest absolute Gasteiger partial charge is 0.476 e. The molecule has 1 fully saturated rings. The first kappa shape index (κ1) is 19.7. The Bertz CT molecular complexity index is 1430. The molecule has 8 heteroatoms. The fourth-order valence-electron chi connectivity index (χ4n) is 4.70. The SMILES string of the molecule is O=C1Nc2nc3ccccc3n2CC2(CCC2)COc2ccc(=O)n(n2)Cc2cccc1c2. The summed E-state index contributed by atoms with van der Waals surface area (Å²) in [5, 5.41) is 7.45. The van der Waals surface area contributed by atoms with Crippen LogP contribution in [-0.4, -0.2) is 31.8 Å². The molecule has 1 spiro atoms. The zero-order chi connectivity index (χ0) is 22.4.